The molecule has 138 valence electrons. The van der Waals surface area contributed by atoms with Crippen LogP contribution in [0.5, 0.6) is 0 Å². The number of nitrogens with zero attached hydrogens (tertiary/aromatic N) is 4. The van der Waals surface area contributed by atoms with Gasteiger partial charge in [-0.2, -0.15) is 5.10 Å². The van der Waals surface area contributed by atoms with Crippen LogP contribution in [0, 0.1) is 5.92 Å². The normalized spacial score (nSPS) is 17.7. The van der Waals surface area contributed by atoms with Gasteiger partial charge in [-0.25, -0.2) is 18.4 Å². The second-order valence-electron chi connectivity index (χ2n) is 6.73. The molecule has 1 saturated carbocycles. The predicted molar refractivity (Wildman–Crippen MR) is 98.1 cm³/mol. The number of pyridine rings is 1. The van der Waals surface area contributed by atoms with Gasteiger partial charge in [0.25, 0.3) is 0 Å². The fourth-order valence-electron chi connectivity index (χ4n) is 3.21. The van der Waals surface area contributed by atoms with Crippen LogP contribution < -0.4 is 4.90 Å². The molecule has 7 heteroatoms. The van der Waals surface area contributed by atoms with Crippen LogP contribution >= 0.6 is 0 Å². The predicted octanol–water partition coefficient (Wildman–Crippen LogP) is 3.96. The van der Waals surface area contributed by atoms with E-state index in [0.717, 1.165) is 5.39 Å². The van der Waals surface area contributed by atoms with E-state index in [0.29, 0.717) is 29.9 Å². The first-order valence-corrected chi connectivity index (χ1v) is 8.59. The molecule has 1 aliphatic rings. The van der Waals surface area contributed by atoms with Crippen LogP contribution in [0.4, 0.5) is 14.5 Å². The van der Waals surface area contributed by atoms with E-state index in [1.165, 1.54) is 11.0 Å². The first kappa shape index (κ1) is 18.2. The number of anilines is 1. The van der Waals surface area contributed by atoms with Gasteiger partial charge in [-0.1, -0.05) is 12.7 Å². The van der Waals surface area contributed by atoms with Gasteiger partial charge in [0.2, 0.25) is 11.8 Å². The van der Waals surface area contributed by atoms with Crippen LogP contribution in [0.25, 0.3) is 17.1 Å². The van der Waals surface area contributed by atoms with Gasteiger partial charge in [0.1, 0.15) is 0 Å². The Morgan fingerprint density at radius 3 is 2.77 bits per heavy atom. The van der Waals surface area contributed by atoms with Gasteiger partial charge in [0.15, 0.2) is 5.65 Å². The number of allylic oxidation sites excluding steroid dienone is 1. The van der Waals surface area contributed by atoms with Gasteiger partial charge >= 0.3 is 0 Å². The highest BCUT2D eigenvalue weighted by molar-refractivity contribution is 6.01. The molecule has 0 aromatic carbocycles. The van der Waals surface area contributed by atoms with Crippen molar-refractivity contribution < 1.29 is 13.6 Å². The van der Waals surface area contributed by atoms with Crippen LogP contribution in [0.3, 0.4) is 0 Å². The highest BCUT2D eigenvalue weighted by atomic mass is 19.3. The quantitative estimate of drug-likeness (QED) is 0.776. The Morgan fingerprint density at radius 1 is 1.42 bits per heavy atom. The lowest BCUT2D eigenvalue weighted by molar-refractivity contribution is -0.113. The van der Waals surface area contributed by atoms with Crippen LogP contribution in [0.15, 0.2) is 31.0 Å². The summed E-state index contributed by atoms with van der Waals surface area (Å²) in [7, 11) is 3.45. The largest absolute Gasteiger partial charge is 0.310 e. The standard InChI is InChI=1S/C19H22F2N4O/c1-4-17(26)24(2)14-11-15-16(23-25(3)18(15)22-12-14)6-5-13-7-9-19(20,21)10-8-13/h4-6,11-13H,1,7-10H2,2-3H3/b6-5+. The third-order valence-electron chi connectivity index (χ3n) is 4.87. The number of carbonyl (C=O) groups excluding carboxylic acids is 1. The van der Waals surface area contributed by atoms with E-state index in [-0.39, 0.29) is 24.7 Å². The fourth-order valence-corrected chi connectivity index (χ4v) is 3.21. The van der Waals surface area contributed by atoms with Crippen molar-refractivity contribution in [2.75, 3.05) is 11.9 Å². The number of hydrogen-bond acceptors (Lipinski definition) is 3. The van der Waals surface area contributed by atoms with Gasteiger partial charge < -0.3 is 4.90 Å². The summed E-state index contributed by atoms with van der Waals surface area (Å²) in [6.07, 6.45) is 7.52. The van der Waals surface area contributed by atoms with Crippen LogP contribution in [0.1, 0.15) is 31.4 Å². The lowest BCUT2D eigenvalue weighted by Gasteiger charge is -2.26. The third-order valence-corrected chi connectivity index (χ3v) is 4.87. The van der Waals surface area contributed by atoms with E-state index >= 15 is 0 Å². The van der Waals surface area contributed by atoms with Crippen LogP contribution in [-0.2, 0) is 11.8 Å². The summed E-state index contributed by atoms with van der Waals surface area (Å²) in [6, 6.07) is 1.85. The fraction of sp³-hybridized carbons (Fsp3) is 0.421. The molecule has 0 saturated heterocycles. The molecule has 0 spiro atoms. The van der Waals surface area contributed by atoms with E-state index < -0.39 is 5.92 Å². The van der Waals surface area contributed by atoms with Crippen molar-refractivity contribution in [2.24, 2.45) is 13.0 Å². The molecule has 1 fully saturated rings. The Morgan fingerprint density at radius 2 is 2.12 bits per heavy atom. The molecule has 2 aromatic heterocycles. The van der Waals surface area contributed by atoms with Crippen molar-refractivity contribution in [1.29, 1.82) is 0 Å². The van der Waals surface area contributed by atoms with Crippen molar-refractivity contribution in [3.8, 4) is 0 Å². The maximum atomic E-state index is 13.3. The zero-order valence-electron chi connectivity index (χ0n) is 15.0. The first-order chi connectivity index (χ1) is 12.3. The van der Waals surface area contributed by atoms with Gasteiger partial charge in [-0.15, -0.1) is 0 Å². The van der Waals surface area contributed by atoms with Crippen LogP contribution in [-0.4, -0.2) is 33.6 Å². The van der Waals surface area contributed by atoms with E-state index in [1.54, 1.807) is 25.0 Å². The lowest BCUT2D eigenvalue weighted by atomic mass is 9.86. The monoisotopic (exact) mass is 360 g/mol. The number of aromatic nitrogens is 3. The Bertz CT molecular complexity index is 862. The van der Waals surface area contributed by atoms with Crippen molar-refractivity contribution in [2.45, 2.75) is 31.6 Å². The average Bonchev–Trinajstić information content (AvgIpc) is 2.95. The summed E-state index contributed by atoms with van der Waals surface area (Å²) in [5.41, 5.74) is 2.05. The third kappa shape index (κ3) is 3.66. The minimum atomic E-state index is -2.52. The zero-order chi connectivity index (χ0) is 18.9. The molecule has 0 aliphatic heterocycles. The zero-order valence-corrected chi connectivity index (χ0v) is 15.0. The first-order valence-electron chi connectivity index (χ1n) is 8.59. The molecule has 1 amide bonds. The van der Waals surface area contributed by atoms with Gasteiger partial charge in [0, 0.05) is 32.3 Å². The average molecular weight is 360 g/mol. The van der Waals surface area contributed by atoms with Gasteiger partial charge in [-0.05, 0) is 37.0 Å². The number of amides is 1. The Kier molecular flexibility index (Phi) is 4.89. The molecule has 0 bridgehead atoms. The molecule has 1 aliphatic carbocycles. The molecule has 2 aromatic rings. The number of carbonyl (C=O) groups is 1. The van der Waals surface area contributed by atoms with E-state index in [9.17, 15) is 13.6 Å². The number of alkyl halides is 2. The minimum Gasteiger partial charge on any atom is -0.310 e. The highest BCUT2D eigenvalue weighted by Gasteiger charge is 2.33. The highest BCUT2D eigenvalue weighted by Crippen LogP contribution is 2.37. The Labute approximate surface area is 151 Å². The van der Waals surface area contributed by atoms with Crippen LogP contribution in [0.2, 0.25) is 0 Å². The second-order valence-corrected chi connectivity index (χ2v) is 6.73. The number of rotatable bonds is 4. The van der Waals surface area contributed by atoms with E-state index in [1.807, 2.05) is 18.2 Å². The van der Waals surface area contributed by atoms with Crippen molar-refractivity contribution in [3.05, 3.63) is 36.7 Å². The molecule has 2 heterocycles. The molecule has 0 radical (unpaired) electrons. The number of aryl methyl sites for hydroxylation is 1. The summed E-state index contributed by atoms with van der Waals surface area (Å²) in [5.74, 6) is -2.62. The van der Waals surface area contributed by atoms with E-state index in [2.05, 4.69) is 16.7 Å². The number of hydrogen-bond donors (Lipinski definition) is 0. The Balaban J connectivity index is 1.87. The number of fused-ring (bicyclic) bond motifs is 1. The summed E-state index contributed by atoms with van der Waals surface area (Å²) in [4.78, 5) is 17.7. The number of likely N-dealkylation sites (N-methyl/N-ethyl adjacent to an activating group) is 1. The summed E-state index contributed by atoms with van der Waals surface area (Å²) >= 11 is 0. The molecule has 0 unspecified atom stereocenters. The second kappa shape index (κ2) is 6.97. The van der Waals surface area contributed by atoms with Gasteiger partial charge in [0.05, 0.1) is 17.6 Å². The lowest BCUT2D eigenvalue weighted by Crippen LogP contribution is -2.23. The van der Waals surface area contributed by atoms with Crippen molar-refractivity contribution in [1.82, 2.24) is 14.8 Å². The summed E-state index contributed by atoms with van der Waals surface area (Å²) in [6.45, 7) is 3.49. The maximum absolute atomic E-state index is 13.3. The molecule has 26 heavy (non-hydrogen) atoms. The number of halogens is 2. The molecule has 5 nitrogen and oxygen atoms in total. The minimum absolute atomic E-state index is 0.0643. The van der Waals surface area contributed by atoms with E-state index in [4.69, 9.17) is 0 Å². The SMILES string of the molecule is C=CC(=O)N(C)c1cnc2c(c1)c(/C=C/C1CCC(F)(F)CC1)nn2C. The molecule has 0 atom stereocenters. The molecule has 3 rings (SSSR count). The molecular formula is C19H22F2N4O. The van der Waals surface area contributed by atoms with Crippen molar-refractivity contribution in [3.63, 3.8) is 0 Å². The Hall–Kier alpha value is -2.57. The summed E-state index contributed by atoms with van der Waals surface area (Å²) < 4.78 is 28.2. The summed E-state index contributed by atoms with van der Waals surface area (Å²) in [5, 5.41) is 5.28. The molecular weight excluding hydrogens is 338 g/mol. The smallest absolute Gasteiger partial charge is 0.250 e. The van der Waals surface area contributed by atoms with Gasteiger partial charge in [-0.3, -0.25) is 4.79 Å². The maximum Gasteiger partial charge on any atom is 0.250 e. The topological polar surface area (TPSA) is 51.0 Å². The molecule has 0 N–H and O–H groups in total. The van der Waals surface area contributed by atoms with Crippen molar-refractivity contribution >= 4 is 28.7 Å².